The molecule has 1 heterocycles. The molecule has 3 aliphatic rings. The van der Waals surface area contributed by atoms with E-state index in [1.807, 2.05) is 0 Å². The third-order valence-electron chi connectivity index (χ3n) is 9.18. The first kappa shape index (κ1) is 23.4. The van der Waals surface area contributed by atoms with Crippen molar-refractivity contribution in [3.05, 3.63) is 70.9 Å². The van der Waals surface area contributed by atoms with Crippen molar-refractivity contribution in [2.45, 2.75) is 70.5 Å². The summed E-state index contributed by atoms with van der Waals surface area (Å²) in [6.07, 6.45) is 4.46. The molecule has 188 valence electrons. The molecule has 0 saturated heterocycles. The van der Waals surface area contributed by atoms with Gasteiger partial charge in [0.15, 0.2) is 0 Å². The van der Waals surface area contributed by atoms with E-state index in [-0.39, 0.29) is 5.41 Å². The Morgan fingerprint density at radius 2 is 1.86 bits per heavy atom. The largest absolute Gasteiger partial charge is 0.416 e. The SMILES string of the molecule is C[C@]12CC[C@@H]3c4ccc(CCn5cc(-c6ccc(C(F)(F)F)cc6)nn5)cc4CC[C@H]3[C@@H]1CCC2=O. The standard InChI is InChI=1S/C29H30F3N3O/c1-28-14-12-23-22-8-2-18(16-20(22)5-9-24(23)25(28)10-11-27(28)36)13-15-35-17-26(33-34-35)19-3-6-21(7-4-19)29(30,31)32/h2-4,6-8,16-17,23-25H,5,9-15H2,1H3/t23-,24-,25+,28+/m1/s1. The van der Waals surface area contributed by atoms with Crippen LogP contribution in [0.2, 0.25) is 0 Å². The van der Waals surface area contributed by atoms with Gasteiger partial charge in [-0.15, -0.1) is 5.10 Å². The zero-order valence-corrected chi connectivity index (χ0v) is 20.4. The maximum absolute atomic E-state index is 12.8. The maximum Gasteiger partial charge on any atom is 0.416 e. The Bertz CT molecular complexity index is 1300. The molecular weight excluding hydrogens is 463 g/mol. The van der Waals surface area contributed by atoms with Gasteiger partial charge in [-0.05, 0) is 85.1 Å². The van der Waals surface area contributed by atoms with Crippen molar-refractivity contribution in [3.63, 3.8) is 0 Å². The Labute approximate surface area is 208 Å². The maximum atomic E-state index is 12.8. The average molecular weight is 494 g/mol. The fourth-order valence-corrected chi connectivity index (χ4v) is 7.18. The molecule has 6 rings (SSSR count). The molecule has 3 aromatic rings. The number of aromatic nitrogens is 3. The van der Waals surface area contributed by atoms with E-state index in [1.165, 1.54) is 35.2 Å². The number of alkyl halides is 3. The van der Waals surface area contributed by atoms with E-state index in [4.69, 9.17) is 0 Å². The lowest BCUT2D eigenvalue weighted by atomic mass is 9.55. The quantitative estimate of drug-likeness (QED) is 0.410. The molecule has 0 bridgehead atoms. The minimum Gasteiger partial charge on any atom is -0.299 e. The lowest BCUT2D eigenvalue weighted by molar-refractivity contribution is -0.137. The van der Waals surface area contributed by atoms with Crippen molar-refractivity contribution in [3.8, 4) is 11.3 Å². The minimum atomic E-state index is -4.35. The molecule has 1 aromatic heterocycles. The van der Waals surface area contributed by atoms with Gasteiger partial charge in [0.05, 0.1) is 11.8 Å². The molecule has 7 heteroatoms. The van der Waals surface area contributed by atoms with Gasteiger partial charge in [-0.3, -0.25) is 9.48 Å². The number of halogens is 3. The highest BCUT2D eigenvalue weighted by Crippen LogP contribution is 2.59. The predicted molar refractivity (Wildman–Crippen MR) is 130 cm³/mol. The molecule has 2 fully saturated rings. The molecule has 4 nitrogen and oxygen atoms in total. The number of nitrogens with zero attached hydrogens (tertiary/aromatic N) is 3. The van der Waals surface area contributed by atoms with Crippen LogP contribution in [0.25, 0.3) is 11.3 Å². The third kappa shape index (κ3) is 3.97. The number of Topliss-reactive ketones (excluding diaryl/α,β-unsaturated/α-hetero) is 1. The van der Waals surface area contributed by atoms with Crippen LogP contribution in [0.4, 0.5) is 13.2 Å². The highest BCUT2D eigenvalue weighted by atomic mass is 19.4. The highest BCUT2D eigenvalue weighted by molar-refractivity contribution is 5.87. The van der Waals surface area contributed by atoms with Crippen molar-refractivity contribution in [1.82, 2.24) is 15.0 Å². The Morgan fingerprint density at radius 1 is 1.06 bits per heavy atom. The van der Waals surface area contributed by atoms with Gasteiger partial charge in [0.2, 0.25) is 0 Å². The zero-order valence-electron chi connectivity index (χ0n) is 20.4. The third-order valence-corrected chi connectivity index (χ3v) is 9.18. The monoisotopic (exact) mass is 493 g/mol. The summed E-state index contributed by atoms with van der Waals surface area (Å²) in [4.78, 5) is 12.6. The topological polar surface area (TPSA) is 47.8 Å². The van der Waals surface area contributed by atoms with E-state index < -0.39 is 11.7 Å². The second kappa shape index (κ2) is 8.56. The summed E-state index contributed by atoms with van der Waals surface area (Å²) >= 11 is 0. The van der Waals surface area contributed by atoms with E-state index in [1.54, 1.807) is 10.9 Å². The second-order valence-corrected chi connectivity index (χ2v) is 11.1. The van der Waals surface area contributed by atoms with Gasteiger partial charge in [0.1, 0.15) is 11.5 Å². The Balaban J connectivity index is 1.12. The summed E-state index contributed by atoms with van der Waals surface area (Å²) in [5, 5.41) is 8.33. The number of benzene rings is 2. The molecular formula is C29H30F3N3O. The number of carbonyl (C=O) groups excluding carboxylic acids is 1. The summed E-state index contributed by atoms with van der Waals surface area (Å²) in [6.45, 7) is 2.87. The first-order valence-electron chi connectivity index (χ1n) is 13.0. The van der Waals surface area contributed by atoms with Crippen LogP contribution in [0.5, 0.6) is 0 Å². The van der Waals surface area contributed by atoms with Gasteiger partial charge in [-0.25, -0.2) is 0 Å². The van der Waals surface area contributed by atoms with Crippen LogP contribution >= 0.6 is 0 Å². The number of hydrogen-bond donors (Lipinski definition) is 0. The molecule has 2 aromatic carbocycles. The summed E-state index contributed by atoms with van der Waals surface area (Å²) in [5.74, 6) is 2.24. The van der Waals surface area contributed by atoms with Gasteiger partial charge in [0.25, 0.3) is 0 Å². The fraction of sp³-hybridized carbons (Fsp3) is 0.483. The van der Waals surface area contributed by atoms with E-state index in [0.29, 0.717) is 41.3 Å². The first-order chi connectivity index (χ1) is 17.2. The summed E-state index contributed by atoms with van der Waals surface area (Å²) in [7, 11) is 0. The van der Waals surface area contributed by atoms with Gasteiger partial charge < -0.3 is 0 Å². The molecule has 3 aliphatic carbocycles. The van der Waals surface area contributed by atoms with Crippen molar-refractivity contribution in [1.29, 1.82) is 0 Å². The van der Waals surface area contributed by atoms with E-state index in [2.05, 4.69) is 35.4 Å². The molecule has 0 unspecified atom stereocenters. The average Bonchev–Trinajstić information content (AvgIpc) is 3.46. The molecule has 36 heavy (non-hydrogen) atoms. The molecule has 0 aliphatic heterocycles. The smallest absolute Gasteiger partial charge is 0.299 e. The van der Waals surface area contributed by atoms with E-state index in [9.17, 15) is 18.0 Å². The Kier molecular flexibility index (Phi) is 5.58. The Hall–Kier alpha value is -2.96. The number of ketones is 1. The lowest BCUT2D eigenvalue weighted by Gasteiger charge is -2.48. The van der Waals surface area contributed by atoms with Gasteiger partial charge in [-0.2, -0.15) is 13.2 Å². The number of carbonyl (C=O) groups is 1. The fourth-order valence-electron chi connectivity index (χ4n) is 7.18. The number of aryl methyl sites for hydroxylation is 3. The molecule has 0 spiro atoms. The van der Waals surface area contributed by atoms with E-state index >= 15 is 0 Å². The minimum absolute atomic E-state index is 0.0877. The van der Waals surface area contributed by atoms with Crippen LogP contribution in [-0.4, -0.2) is 20.8 Å². The van der Waals surface area contributed by atoms with Crippen molar-refractivity contribution >= 4 is 5.78 Å². The highest BCUT2D eigenvalue weighted by Gasteiger charge is 2.54. The molecule has 0 amide bonds. The number of rotatable bonds is 4. The molecule has 0 radical (unpaired) electrons. The zero-order chi connectivity index (χ0) is 25.1. The van der Waals surface area contributed by atoms with Gasteiger partial charge in [-0.1, -0.05) is 42.5 Å². The van der Waals surface area contributed by atoms with E-state index in [0.717, 1.165) is 50.7 Å². The van der Waals surface area contributed by atoms with Crippen LogP contribution in [-0.2, 0) is 30.4 Å². The first-order valence-corrected chi connectivity index (χ1v) is 13.0. The van der Waals surface area contributed by atoms with Crippen LogP contribution in [0.15, 0.2) is 48.7 Å². The van der Waals surface area contributed by atoms with Crippen LogP contribution < -0.4 is 0 Å². The number of fused-ring (bicyclic) bond motifs is 5. The van der Waals surface area contributed by atoms with Gasteiger partial charge in [0, 0.05) is 23.9 Å². The summed E-state index contributed by atoms with van der Waals surface area (Å²) in [5.41, 5.74) is 4.62. The van der Waals surface area contributed by atoms with Gasteiger partial charge >= 0.3 is 6.18 Å². The molecule has 4 atom stereocenters. The number of hydrogen-bond acceptors (Lipinski definition) is 3. The second-order valence-electron chi connectivity index (χ2n) is 11.1. The summed E-state index contributed by atoms with van der Waals surface area (Å²) < 4.78 is 40.2. The van der Waals surface area contributed by atoms with Crippen LogP contribution in [0, 0.1) is 17.3 Å². The van der Waals surface area contributed by atoms with Crippen LogP contribution in [0.3, 0.4) is 0 Å². The predicted octanol–water partition coefficient (Wildman–Crippen LogP) is 6.63. The van der Waals surface area contributed by atoms with Crippen molar-refractivity contribution in [2.75, 3.05) is 0 Å². The Morgan fingerprint density at radius 3 is 2.64 bits per heavy atom. The van der Waals surface area contributed by atoms with Crippen LogP contribution in [0.1, 0.15) is 67.2 Å². The summed E-state index contributed by atoms with van der Waals surface area (Å²) in [6, 6.07) is 11.9. The molecule has 0 N–H and O–H groups in total. The normalized spacial score (nSPS) is 27.4. The van der Waals surface area contributed by atoms with Crippen molar-refractivity contribution < 1.29 is 18.0 Å². The molecule has 2 saturated carbocycles. The lowest BCUT2D eigenvalue weighted by Crippen LogP contribution is -2.42. The van der Waals surface area contributed by atoms with Crippen molar-refractivity contribution in [2.24, 2.45) is 17.3 Å².